The van der Waals surface area contributed by atoms with E-state index in [0.717, 1.165) is 11.2 Å². The monoisotopic (exact) mass is 392 g/mol. The van der Waals surface area contributed by atoms with Crippen molar-refractivity contribution in [1.82, 2.24) is 9.38 Å². The van der Waals surface area contributed by atoms with E-state index in [1.54, 1.807) is 18.2 Å². The van der Waals surface area contributed by atoms with Crippen LogP contribution in [0.2, 0.25) is 0 Å². The first-order valence-corrected chi connectivity index (χ1v) is 8.70. The molecule has 29 heavy (non-hydrogen) atoms. The van der Waals surface area contributed by atoms with Gasteiger partial charge in [0.15, 0.2) is 0 Å². The standard InChI is InChI=1S/C23H16N2O3.Na.H/c26-23(27)18-10-4-5-11-21(18)28-16-19-20(14-13-17-8-2-1-3-9-17)25-15-7-6-12-22(25)24-19;;/h1-12,15H,16H2,(H,26,27);;. The number of ether oxygens (including phenoxy) is 1. The Morgan fingerprint density at radius 3 is 2.48 bits per heavy atom. The maximum atomic E-state index is 11.4. The van der Waals surface area contributed by atoms with E-state index in [1.807, 2.05) is 59.1 Å². The summed E-state index contributed by atoms with van der Waals surface area (Å²) in [7, 11) is 0. The molecule has 0 amide bonds. The molecular weight excluding hydrogens is 375 g/mol. The Hall–Kier alpha value is -3.04. The fourth-order valence-corrected chi connectivity index (χ4v) is 2.85. The zero-order chi connectivity index (χ0) is 19.3. The van der Waals surface area contributed by atoms with Gasteiger partial charge >= 0.3 is 35.5 Å². The molecule has 0 spiro atoms. The summed E-state index contributed by atoms with van der Waals surface area (Å²) in [6.45, 7) is 0.116. The third-order valence-electron chi connectivity index (χ3n) is 4.18. The molecule has 0 aliphatic carbocycles. The molecule has 0 atom stereocenters. The number of nitrogens with zero attached hydrogens (tertiary/aromatic N) is 2. The Bertz CT molecular complexity index is 1210. The van der Waals surface area contributed by atoms with E-state index >= 15 is 0 Å². The fraction of sp³-hybridized carbons (Fsp3) is 0.0435. The summed E-state index contributed by atoms with van der Waals surface area (Å²) in [5.74, 6) is 5.59. The van der Waals surface area contributed by atoms with Gasteiger partial charge < -0.3 is 9.84 Å². The molecule has 4 rings (SSSR count). The second-order valence-electron chi connectivity index (χ2n) is 6.04. The van der Waals surface area contributed by atoms with Crippen molar-refractivity contribution in [2.24, 2.45) is 0 Å². The predicted molar refractivity (Wildman–Crippen MR) is 112 cm³/mol. The molecule has 1 N–H and O–H groups in total. The molecule has 6 heteroatoms. The van der Waals surface area contributed by atoms with Gasteiger partial charge in [-0.3, -0.25) is 4.40 Å². The number of hydrogen-bond acceptors (Lipinski definition) is 3. The SMILES string of the molecule is O=C(O)c1ccccc1OCc1nc2ccccn2c1C#Cc1ccccc1.[NaH]. The first kappa shape index (κ1) is 20.7. The van der Waals surface area contributed by atoms with Crippen LogP contribution < -0.4 is 4.74 Å². The normalized spacial score (nSPS) is 9.93. The van der Waals surface area contributed by atoms with Crippen molar-refractivity contribution in [1.29, 1.82) is 0 Å². The molecule has 0 bridgehead atoms. The van der Waals surface area contributed by atoms with Crippen LogP contribution in [0.1, 0.15) is 27.3 Å². The van der Waals surface area contributed by atoms with Crippen molar-refractivity contribution >= 4 is 41.2 Å². The van der Waals surface area contributed by atoms with Crippen molar-refractivity contribution in [2.45, 2.75) is 6.61 Å². The first-order chi connectivity index (χ1) is 13.7. The summed E-state index contributed by atoms with van der Waals surface area (Å²) in [5, 5.41) is 9.32. The average molecular weight is 392 g/mol. The van der Waals surface area contributed by atoms with Gasteiger partial charge in [-0.05, 0) is 42.3 Å². The van der Waals surface area contributed by atoms with Gasteiger partial charge in [0.25, 0.3) is 0 Å². The van der Waals surface area contributed by atoms with Crippen LogP contribution in [0.15, 0.2) is 79.0 Å². The Balaban J connectivity index is 0.00000240. The van der Waals surface area contributed by atoms with E-state index in [0.29, 0.717) is 17.1 Å². The maximum absolute atomic E-state index is 11.4. The molecule has 0 aliphatic rings. The third-order valence-corrected chi connectivity index (χ3v) is 4.18. The van der Waals surface area contributed by atoms with Gasteiger partial charge in [-0.25, -0.2) is 9.78 Å². The van der Waals surface area contributed by atoms with Crippen LogP contribution in [-0.4, -0.2) is 50.0 Å². The number of carbonyl (C=O) groups is 1. The number of carboxylic acid groups (broad SMARTS) is 1. The molecule has 2 aromatic heterocycles. The third kappa shape index (κ3) is 4.69. The summed E-state index contributed by atoms with van der Waals surface area (Å²) < 4.78 is 7.68. The van der Waals surface area contributed by atoms with Gasteiger partial charge in [0, 0.05) is 11.8 Å². The zero-order valence-corrected chi connectivity index (χ0v) is 14.9. The molecule has 5 nitrogen and oxygen atoms in total. The number of imidazole rings is 1. The van der Waals surface area contributed by atoms with Crippen LogP contribution >= 0.6 is 0 Å². The van der Waals surface area contributed by atoms with Crippen molar-refractivity contribution < 1.29 is 14.6 Å². The minimum absolute atomic E-state index is 0. The predicted octanol–water partition coefficient (Wildman–Crippen LogP) is 3.36. The van der Waals surface area contributed by atoms with Gasteiger partial charge in [0.05, 0.1) is 0 Å². The topological polar surface area (TPSA) is 63.8 Å². The van der Waals surface area contributed by atoms with Crippen LogP contribution in [0, 0.1) is 11.8 Å². The number of fused-ring (bicyclic) bond motifs is 1. The second kappa shape index (κ2) is 9.44. The number of benzene rings is 2. The van der Waals surface area contributed by atoms with Crippen LogP contribution in [0.4, 0.5) is 0 Å². The number of pyridine rings is 1. The summed E-state index contributed by atoms with van der Waals surface area (Å²) in [6, 6.07) is 21.9. The molecular formula is C23H17N2NaO3. The molecule has 0 fully saturated rings. The van der Waals surface area contributed by atoms with Crippen molar-refractivity contribution in [3.05, 3.63) is 102 Å². The number of aromatic carboxylic acids is 1. The molecule has 0 aliphatic heterocycles. The Morgan fingerprint density at radius 2 is 1.69 bits per heavy atom. The average Bonchev–Trinajstić information content (AvgIpc) is 3.09. The van der Waals surface area contributed by atoms with Crippen molar-refractivity contribution in [2.75, 3.05) is 0 Å². The molecule has 0 saturated heterocycles. The Morgan fingerprint density at radius 1 is 0.966 bits per heavy atom. The number of hydrogen-bond donors (Lipinski definition) is 1. The first-order valence-electron chi connectivity index (χ1n) is 8.70. The number of aromatic nitrogens is 2. The van der Waals surface area contributed by atoms with E-state index in [1.165, 1.54) is 6.07 Å². The van der Waals surface area contributed by atoms with Crippen LogP contribution in [-0.2, 0) is 6.61 Å². The van der Waals surface area contributed by atoms with Gasteiger partial charge in [-0.15, -0.1) is 0 Å². The van der Waals surface area contributed by atoms with Gasteiger partial charge in [0.2, 0.25) is 0 Å². The van der Waals surface area contributed by atoms with Crippen LogP contribution in [0.25, 0.3) is 5.65 Å². The fourth-order valence-electron chi connectivity index (χ4n) is 2.85. The summed E-state index contributed by atoms with van der Waals surface area (Å²) in [4.78, 5) is 16.0. The van der Waals surface area contributed by atoms with E-state index < -0.39 is 5.97 Å². The van der Waals surface area contributed by atoms with E-state index in [2.05, 4.69) is 16.8 Å². The van der Waals surface area contributed by atoms with Gasteiger partial charge in [0.1, 0.15) is 35.0 Å². The number of carboxylic acids is 1. The molecule has 0 saturated carbocycles. The molecule has 138 valence electrons. The number of para-hydroxylation sites is 1. The number of rotatable bonds is 4. The van der Waals surface area contributed by atoms with Crippen LogP contribution in [0.3, 0.4) is 0 Å². The quantitative estimate of drug-likeness (QED) is 0.427. The summed E-state index contributed by atoms with van der Waals surface area (Å²) >= 11 is 0. The molecule has 4 aromatic rings. The van der Waals surface area contributed by atoms with Gasteiger partial charge in [-0.2, -0.15) is 0 Å². The molecule has 2 aromatic carbocycles. The zero-order valence-electron chi connectivity index (χ0n) is 14.9. The molecule has 0 radical (unpaired) electrons. The van der Waals surface area contributed by atoms with Gasteiger partial charge in [-0.1, -0.05) is 42.3 Å². The molecule has 2 heterocycles. The minimum atomic E-state index is -1.03. The Kier molecular flexibility index (Phi) is 6.73. The summed E-state index contributed by atoms with van der Waals surface area (Å²) in [5.41, 5.74) is 3.13. The Labute approximate surface area is 190 Å². The van der Waals surface area contributed by atoms with Crippen molar-refractivity contribution in [3.63, 3.8) is 0 Å². The molecule has 0 unspecified atom stereocenters. The van der Waals surface area contributed by atoms with Crippen LogP contribution in [0.5, 0.6) is 5.75 Å². The van der Waals surface area contributed by atoms with E-state index in [9.17, 15) is 9.90 Å². The van der Waals surface area contributed by atoms with Crippen molar-refractivity contribution in [3.8, 4) is 17.6 Å². The summed E-state index contributed by atoms with van der Waals surface area (Å²) in [6.07, 6.45) is 1.89. The van der Waals surface area contributed by atoms with E-state index in [-0.39, 0.29) is 41.7 Å². The van der Waals surface area contributed by atoms with E-state index in [4.69, 9.17) is 4.74 Å². The second-order valence-corrected chi connectivity index (χ2v) is 6.04.